The van der Waals surface area contributed by atoms with Crippen molar-refractivity contribution in [2.24, 2.45) is 0 Å². The summed E-state index contributed by atoms with van der Waals surface area (Å²) >= 11 is 0. The fraction of sp³-hybridized carbons (Fsp3) is 0.367. The first-order valence-corrected chi connectivity index (χ1v) is 12.5. The molecule has 0 aromatic heterocycles. The highest BCUT2D eigenvalue weighted by Crippen LogP contribution is 2.30. The first-order valence-electron chi connectivity index (χ1n) is 12.5. The maximum atomic E-state index is 13.4. The number of hydrogen-bond donors (Lipinski definition) is 0. The predicted octanol–water partition coefficient (Wildman–Crippen LogP) is 6.39. The van der Waals surface area contributed by atoms with Crippen molar-refractivity contribution in [1.82, 2.24) is 9.80 Å². The SMILES string of the molecule is CN(C(=O)CCCCC(c1ccc(F)cc1)c1ccc(F)cc1)C1CCN(Cc2ccccc2)C1. The molecule has 1 unspecified atom stereocenters. The van der Waals surface area contributed by atoms with Gasteiger partial charge in [-0.2, -0.15) is 0 Å². The van der Waals surface area contributed by atoms with Gasteiger partial charge >= 0.3 is 0 Å². The molecule has 0 saturated carbocycles. The molecule has 1 aliphatic heterocycles. The molecule has 1 aliphatic rings. The molecule has 3 aromatic carbocycles. The Hall–Kier alpha value is -3.05. The van der Waals surface area contributed by atoms with Crippen LogP contribution in [0.1, 0.15) is 54.7 Å². The molecule has 184 valence electrons. The molecule has 5 heteroatoms. The number of likely N-dealkylation sites (N-methyl/N-ethyl adjacent to an activating group) is 1. The van der Waals surface area contributed by atoms with Gasteiger partial charge in [-0.25, -0.2) is 8.78 Å². The number of hydrogen-bond acceptors (Lipinski definition) is 2. The summed E-state index contributed by atoms with van der Waals surface area (Å²) in [4.78, 5) is 17.2. The largest absolute Gasteiger partial charge is 0.341 e. The second-order valence-electron chi connectivity index (χ2n) is 9.57. The van der Waals surface area contributed by atoms with Crippen molar-refractivity contribution < 1.29 is 13.6 Å². The standard InChI is InChI=1S/C30H34F2N2O/c1-33(28-19-20-34(22-28)21-23-7-3-2-4-8-23)30(35)10-6-5-9-29(24-11-15-26(31)16-12-24)25-13-17-27(32)18-14-25/h2-4,7-8,11-18,28-29H,5-6,9-10,19-22H2,1H3. The zero-order valence-electron chi connectivity index (χ0n) is 20.4. The summed E-state index contributed by atoms with van der Waals surface area (Å²) < 4.78 is 26.9. The summed E-state index contributed by atoms with van der Waals surface area (Å²) in [5.41, 5.74) is 3.32. The molecule has 0 N–H and O–H groups in total. The van der Waals surface area contributed by atoms with Crippen LogP contribution >= 0.6 is 0 Å². The Kier molecular flexibility index (Phi) is 8.64. The maximum absolute atomic E-state index is 13.4. The van der Waals surface area contributed by atoms with Gasteiger partial charge in [-0.1, -0.05) is 61.0 Å². The fourth-order valence-electron chi connectivity index (χ4n) is 5.03. The average Bonchev–Trinajstić information content (AvgIpc) is 3.34. The molecule has 0 bridgehead atoms. The van der Waals surface area contributed by atoms with Gasteiger partial charge in [0.05, 0.1) is 0 Å². The maximum Gasteiger partial charge on any atom is 0.222 e. The first kappa shape index (κ1) is 25.1. The first-order chi connectivity index (χ1) is 17.0. The van der Waals surface area contributed by atoms with Crippen LogP contribution in [0.4, 0.5) is 8.78 Å². The second-order valence-corrected chi connectivity index (χ2v) is 9.57. The third-order valence-electron chi connectivity index (χ3n) is 7.12. The van der Waals surface area contributed by atoms with Crippen LogP contribution in [0.3, 0.4) is 0 Å². The normalized spacial score (nSPS) is 16.1. The molecular formula is C30H34F2N2O. The van der Waals surface area contributed by atoms with E-state index in [2.05, 4.69) is 29.2 Å². The minimum atomic E-state index is -0.269. The van der Waals surface area contributed by atoms with Gasteiger partial charge in [-0.05, 0) is 60.2 Å². The van der Waals surface area contributed by atoms with Crippen molar-refractivity contribution in [1.29, 1.82) is 0 Å². The molecule has 1 fully saturated rings. The van der Waals surface area contributed by atoms with Gasteiger partial charge in [0.15, 0.2) is 0 Å². The molecule has 0 aliphatic carbocycles. The van der Waals surface area contributed by atoms with Crippen LogP contribution in [0.25, 0.3) is 0 Å². The lowest BCUT2D eigenvalue weighted by Crippen LogP contribution is -2.38. The van der Waals surface area contributed by atoms with Gasteiger partial charge < -0.3 is 4.90 Å². The molecule has 3 aromatic rings. The van der Waals surface area contributed by atoms with Crippen molar-refractivity contribution in [3.8, 4) is 0 Å². The Labute approximate surface area is 207 Å². The highest BCUT2D eigenvalue weighted by Gasteiger charge is 2.28. The highest BCUT2D eigenvalue weighted by atomic mass is 19.1. The highest BCUT2D eigenvalue weighted by molar-refractivity contribution is 5.76. The lowest BCUT2D eigenvalue weighted by atomic mass is 9.87. The molecule has 3 nitrogen and oxygen atoms in total. The third kappa shape index (κ3) is 6.98. The number of amides is 1. The average molecular weight is 477 g/mol. The van der Waals surface area contributed by atoms with Crippen LogP contribution in [0.5, 0.6) is 0 Å². The van der Waals surface area contributed by atoms with Crippen LogP contribution in [-0.2, 0) is 11.3 Å². The number of carbonyl (C=O) groups is 1. The fourth-order valence-corrected chi connectivity index (χ4v) is 5.03. The molecule has 1 heterocycles. The topological polar surface area (TPSA) is 23.6 Å². The van der Waals surface area contributed by atoms with E-state index in [-0.39, 0.29) is 29.5 Å². The number of likely N-dealkylation sites (tertiary alicyclic amines) is 1. The molecule has 35 heavy (non-hydrogen) atoms. The van der Waals surface area contributed by atoms with Crippen molar-refractivity contribution in [2.75, 3.05) is 20.1 Å². The number of carbonyl (C=O) groups excluding carboxylic acids is 1. The third-order valence-corrected chi connectivity index (χ3v) is 7.12. The number of halogens is 2. The summed E-state index contributed by atoms with van der Waals surface area (Å²) in [7, 11) is 1.93. The van der Waals surface area contributed by atoms with Gasteiger partial charge in [0.2, 0.25) is 5.91 Å². The van der Waals surface area contributed by atoms with Gasteiger partial charge in [-0.3, -0.25) is 9.69 Å². The summed E-state index contributed by atoms with van der Waals surface area (Å²) in [5, 5.41) is 0. The van der Waals surface area contributed by atoms with Crippen molar-refractivity contribution in [3.63, 3.8) is 0 Å². The van der Waals surface area contributed by atoms with E-state index in [4.69, 9.17) is 0 Å². The van der Waals surface area contributed by atoms with Crippen molar-refractivity contribution in [2.45, 2.75) is 50.6 Å². The monoisotopic (exact) mass is 476 g/mol. The van der Waals surface area contributed by atoms with Crippen molar-refractivity contribution >= 4 is 5.91 Å². The molecule has 1 amide bonds. The molecule has 0 radical (unpaired) electrons. The molecule has 1 saturated heterocycles. The second kappa shape index (κ2) is 12.1. The van der Waals surface area contributed by atoms with E-state index in [1.807, 2.05) is 18.0 Å². The lowest BCUT2D eigenvalue weighted by molar-refractivity contribution is -0.131. The van der Waals surface area contributed by atoms with Crippen molar-refractivity contribution in [3.05, 3.63) is 107 Å². The van der Waals surface area contributed by atoms with Crippen LogP contribution < -0.4 is 0 Å². The summed E-state index contributed by atoms with van der Waals surface area (Å²) in [6.45, 7) is 2.84. The van der Waals surface area contributed by atoms with E-state index in [0.717, 1.165) is 56.4 Å². The Morgan fingerprint density at radius 3 is 2.11 bits per heavy atom. The van der Waals surface area contributed by atoms with Gasteiger partial charge in [0.25, 0.3) is 0 Å². The predicted molar refractivity (Wildman–Crippen MR) is 136 cm³/mol. The number of rotatable bonds is 10. The Bertz CT molecular complexity index is 1020. The van der Waals surface area contributed by atoms with E-state index in [0.29, 0.717) is 6.42 Å². The minimum Gasteiger partial charge on any atom is -0.341 e. The van der Waals surface area contributed by atoms with Gasteiger partial charge in [-0.15, -0.1) is 0 Å². The van der Waals surface area contributed by atoms with E-state index in [1.54, 1.807) is 24.3 Å². The minimum absolute atomic E-state index is 0.0467. The quantitative estimate of drug-likeness (QED) is 0.317. The van der Waals surface area contributed by atoms with Gasteiger partial charge in [0.1, 0.15) is 11.6 Å². The van der Waals surface area contributed by atoms with Crippen LogP contribution in [0.15, 0.2) is 78.9 Å². The summed E-state index contributed by atoms with van der Waals surface area (Å²) in [5.74, 6) is -0.300. The van der Waals surface area contributed by atoms with E-state index < -0.39 is 0 Å². The van der Waals surface area contributed by atoms with Gasteiger partial charge in [0, 0.05) is 45.1 Å². The lowest BCUT2D eigenvalue weighted by Gasteiger charge is -2.25. The van der Waals surface area contributed by atoms with E-state index in [1.165, 1.54) is 29.8 Å². The molecule has 4 rings (SSSR count). The molecule has 1 atom stereocenters. The van der Waals surface area contributed by atoms with Crippen LogP contribution in [-0.4, -0.2) is 41.9 Å². The summed E-state index contributed by atoms with van der Waals surface area (Å²) in [6.07, 6.45) is 4.01. The molecular weight excluding hydrogens is 442 g/mol. The smallest absolute Gasteiger partial charge is 0.222 e. The number of benzene rings is 3. The Morgan fingerprint density at radius 2 is 1.51 bits per heavy atom. The van der Waals surface area contributed by atoms with Crippen LogP contribution in [0, 0.1) is 11.6 Å². The number of unbranched alkanes of at least 4 members (excludes halogenated alkanes) is 1. The Balaban J connectivity index is 1.26. The zero-order valence-corrected chi connectivity index (χ0v) is 20.4. The number of nitrogens with zero attached hydrogens (tertiary/aromatic N) is 2. The molecule has 0 spiro atoms. The van der Waals surface area contributed by atoms with E-state index >= 15 is 0 Å². The van der Waals surface area contributed by atoms with Crippen LogP contribution in [0.2, 0.25) is 0 Å². The zero-order chi connectivity index (χ0) is 24.6. The van der Waals surface area contributed by atoms with E-state index in [9.17, 15) is 13.6 Å². The summed E-state index contributed by atoms with van der Waals surface area (Å²) in [6, 6.07) is 23.8. The Morgan fingerprint density at radius 1 is 0.914 bits per heavy atom.